The number of halogens is 1. The molecule has 42 heavy (non-hydrogen) atoms. The highest BCUT2D eigenvalue weighted by Gasteiger charge is 2.28. The third-order valence-electron chi connectivity index (χ3n) is 8.34. The van der Waals surface area contributed by atoms with E-state index in [2.05, 4.69) is 53.9 Å². The van der Waals surface area contributed by atoms with Gasteiger partial charge in [0, 0.05) is 49.5 Å². The van der Waals surface area contributed by atoms with E-state index in [0.717, 1.165) is 29.4 Å². The van der Waals surface area contributed by atoms with Crippen LogP contribution in [0, 0.1) is 5.82 Å². The summed E-state index contributed by atoms with van der Waals surface area (Å²) < 4.78 is 15.6. The molecule has 2 aromatic carbocycles. The minimum absolute atomic E-state index is 0.0112. The molecule has 2 N–H and O–H groups in total. The fourth-order valence-electron chi connectivity index (χ4n) is 5.90. The number of aromatic amines is 1. The summed E-state index contributed by atoms with van der Waals surface area (Å²) in [5, 5.41) is 11.6. The summed E-state index contributed by atoms with van der Waals surface area (Å²) >= 11 is 0. The molecule has 0 unspecified atom stereocenters. The Morgan fingerprint density at radius 1 is 1.17 bits per heavy atom. The van der Waals surface area contributed by atoms with Gasteiger partial charge >= 0.3 is 0 Å². The molecule has 0 aliphatic carbocycles. The molecule has 0 radical (unpaired) electrons. The molecule has 216 valence electrons. The number of H-pyrrole nitrogens is 1. The molecule has 0 spiro atoms. The zero-order chi connectivity index (χ0) is 29.6. The number of carbonyl (C=O) groups excluding carboxylic acids is 2. The first-order valence-electron chi connectivity index (χ1n) is 14.3. The topological polar surface area (TPSA) is 94.2 Å². The van der Waals surface area contributed by atoms with Crippen molar-refractivity contribution in [2.24, 2.45) is 0 Å². The lowest BCUT2D eigenvalue weighted by atomic mass is 9.84. The molecular formula is C33H35FN6O2. The van der Waals surface area contributed by atoms with E-state index < -0.39 is 0 Å². The average molecular weight is 567 g/mol. The standard InChI is InChI=1S/C33H35FN6O2/c1-5-28(41)39-15-12-24(19-39)36-31-29-25(10-13-35-30(29)37-38-31)20-6-7-22(27(34)17-20)18-40-14-11-21-16-23(33(2,3)4)8-9-26(21)32(40)42/h5-10,13,16-17,24H,1,11-12,14-15,18-19H2,2-4H3,(H2,35,36,37,38)/t24-/m1/s1. The highest BCUT2D eigenvalue weighted by Crippen LogP contribution is 2.34. The number of benzene rings is 2. The van der Waals surface area contributed by atoms with Crippen LogP contribution in [0.3, 0.4) is 0 Å². The lowest BCUT2D eigenvalue weighted by Gasteiger charge is -2.30. The van der Waals surface area contributed by atoms with Gasteiger partial charge in [-0.2, -0.15) is 5.10 Å². The van der Waals surface area contributed by atoms with Crippen LogP contribution in [0.5, 0.6) is 0 Å². The number of likely N-dealkylation sites (tertiary alicyclic amines) is 1. The predicted octanol–water partition coefficient (Wildman–Crippen LogP) is 5.46. The molecule has 2 aromatic heterocycles. The number of nitrogens with zero attached hydrogens (tertiary/aromatic N) is 4. The molecular weight excluding hydrogens is 531 g/mol. The number of rotatable bonds is 6. The predicted molar refractivity (Wildman–Crippen MR) is 162 cm³/mol. The zero-order valence-electron chi connectivity index (χ0n) is 24.2. The van der Waals surface area contributed by atoms with Crippen molar-refractivity contribution in [3.8, 4) is 11.1 Å². The van der Waals surface area contributed by atoms with Gasteiger partial charge in [0.25, 0.3) is 5.91 Å². The Balaban J connectivity index is 1.22. The van der Waals surface area contributed by atoms with E-state index in [9.17, 15) is 9.59 Å². The number of pyridine rings is 1. The van der Waals surface area contributed by atoms with E-state index in [1.165, 1.54) is 17.7 Å². The highest BCUT2D eigenvalue weighted by molar-refractivity contribution is 6.00. The second kappa shape index (κ2) is 10.7. The number of amides is 2. The van der Waals surface area contributed by atoms with Crippen molar-refractivity contribution in [2.45, 2.75) is 51.6 Å². The number of fused-ring (bicyclic) bond motifs is 2. The summed E-state index contributed by atoms with van der Waals surface area (Å²) in [6, 6.07) is 13.1. The summed E-state index contributed by atoms with van der Waals surface area (Å²) in [7, 11) is 0. The SMILES string of the molecule is C=CC(=O)N1CC[C@@H](Nc2n[nH]c3nccc(-c4ccc(CN5CCc6cc(C(C)(C)C)ccc6C5=O)c(F)c4)c23)C1. The van der Waals surface area contributed by atoms with E-state index in [-0.39, 0.29) is 35.6 Å². The molecule has 2 aliphatic heterocycles. The highest BCUT2D eigenvalue weighted by atomic mass is 19.1. The molecule has 1 saturated heterocycles. The van der Waals surface area contributed by atoms with Crippen LogP contribution in [0.2, 0.25) is 0 Å². The largest absolute Gasteiger partial charge is 0.363 e. The Labute approximate surface area is 244 Å². The van der Waals surface area contributed by atoms with Gasteiger partial charge in [-0.05, 0) is 64.8 Å². The Morgan fingerprint density at radius 2 is 2.00 bits per heavy atom. The van der Waals surface area contributed by atoms with E-state index >= 15 is 4.39 Å². The molecule has 2 amide bonds. The van der Waals surface area contributed by atoms with Crippen LogP contribution in [-0.4, -0.2) is 62.5 Å². The number of hydrogen-bond donors (Lipinski definition) is 2. The molecule has 9 heteroatoms. The van der Waals surface area contributed by atoms with Crippen LogP contribution in [0.15, 0.2) is 61.3 Å². The molecule has 6 rings (SSSR count). The first-order valence-corrected chi connectivity index (χ1v) is 14.3. The molecule has 0 bridgehead atoms. The zero-order valence-corrected chi connectivity index (χ0v) is 24.2. The second-order valence-electron chi connectivity index (χ2n) is 12.2. The summed E-state index contributed by atoms with van der Waals surface area (Å²) in [6.45, 7) is 12.0. The van der Waals surface area contributed by atoms with E-state index in [1.54, 1.807) is 22.1 Å². The molecule has 0 saturated carbocycles. The second-order valence-corrected chi connectivity index (χ2v) is 12.2. The van der Waals surface area contributed by atoms with Gasteiger partial charge in [-0.25, -0.2) is 9.37 Å². The van der Waals surface area contributed by atoms with E-state index in [1.807, 2.05) is 24.3 Å². The van der Waals surface area contributed by atoms with Crippen molar-refractivity contribution < 1.29 is 14.0 Å². The maximum Gasteiger partial charge on any atom is 0.254 e. The quantitative estimate of drug-likeness (QED) is 0.303. The van der Waals surface area contributed by atoms with Crippen molar-refractivity contribution in [2.75, 3.05) is 25.0 Å². The molecule has 2 aliphatic rings. The van der Waals surface area contributed by atoms with Gasteiger partial charge in [-0.15, -0.1) is 0 Å². The van der Waals surface area contributed by atoms with Gasteiger partial charge in [0.1, 0.15) is 5.82 Å². The molecule has 8 nitrogen and oxygen atoms in total. The van der Waals surface area contributed by atoms with Crippen LogP contribution < -0.4 is 5.32 Å². The fraction of sp³-hybridized carbons (Fsp3) is 0.333. The fourth-order valence-corrected chi connectivity index (χ4v) is 5.90. The van der Waals surface area contributed by atoms with Gasteiger partial charge in [0.15, 0.2) is 11.5 Å². The first kappa shape index (κ1) is 27.6. The number of aromatic nitrogens is 3. The summed E-state index contributed by atoms with van der Waals surface area (Å²) in [4.78, 5) is 33.2. The number of carbonyl (C=O) groups is 2. The maximum atomic E-state index is 15.6. The lowest BCUT2D eigenvalue weighted by molar-refractivity contribution is -0.125. The van der Waals surface area contributed by atoms with Gasteiger partial charge in [-0.1, -0.05) is 51.6 Å². The maximum absolute atomic E-state index is 15.6. The van der Waals surface area contributed by atoms with Crippen LogP contribution in [0.4, 0.5) is 10.2 Å². The Bertz CT molecular complexity index is 1700. The van der Waals surface area contributed by atoms with Gasteiger partial charge in [0.05, 0.1) is 5.39 Å². The Hall–Kier alpha value is -4.53. The minimum atomic E-state index is -0.369. The van der Waals surface area contributed by atoms with Crippen LogP contribution in [-0.2, 0) is 23.2 Å². The normalized spacial score (nSPS) is 17.0. The average Bonchev–Trinajstić information content (AvgIpc) is 3.62. The van der Waals surface area contributed by atoms with Crippen LogP contribution in [0.1, 0.15) is 54.2 Å². The van der Waals surface area contributed by atoms with Gasteiger partial charge < -0.3 is 15.1 Å². The first-order chi connectivity index (χ1) is 20.1. The molecule has 1 fully saturated rings. The van der Waals surface area contributed by atoms with Gasteiger partial charge in [0.2, 0.25) is 5.91 Å². The van der Waals surface area contributed by atoms with Crippen molar-refractivity contribution in [3.05, 3.63) is 89.4 Å². The Kier molecular flexibility index (Phi) is 7.04. The minimum Gasteiger partial charge on any atom is -0.363 e. The summed E-state index contributed by atoms with van der Waals surface area (Å²) in [6.07, 6.45) is 4.52. The monoisotopic (exact) mass is 566 g/mol. The third-order valence-corrected chi connectivity index (χ3v) is 8.34. The third kappa shape index (κ3) is 5.15. The van der Waals surface area contributed by atoms with Gasteiger partial charge in [-0.3, -0.25) is 14.7 Å². The number of nitrogens with one attached hydrogen (secondary N) is 2. The number of anilines is 1. The molecule has 4 heterocycles. The molecule has 4 aromatic rings. The molecule has 1 atom stereocenters. The summed E-state index contributed by atoms with van der Waals surface area (Å²) in [5.74, 6) is 0.0915. The van der Waals surface area contributed by atoms with Crippen molar-refractivity contribution in [1.29, 1.82) is 0 Å². The smallest absolute Gasteiger partial charge is 0.254 e. The van der Waals surface area contributed by atoms with Crippen molar-refractivity contribution >= 4 is 28.7 Å². The summed E-state index contributed by atoms with van der Waals surface area (Å²) in [5.41, 5.74) is 5.51. The number of hydrogen-bond acceptors (Lipinski definition) is 5. The van der Waals surface area contributed by atoms with Crippen LogP contribution in [0.25, 0.3) is 22.2 Å². The Morgan fingerprint density at radius 3 is 2.76 bits per heavy atom. The van der Waals surface area contributed by atoms with E-state index in [4.69, 9.17) is 0 Å². The van der Waals surface area contributed by atoms with Crippen LogP contribution >= 0.6 is 0 Å². The van der Waals surface area contributed by atoms with Crippen molar-refractivity contribution in [3.63, 3.8) is 0 Å². The lowest BCUT2D eigenvalue weighted by Crippen LogP contribution is -2.37. The van der Waals surface area contributed by atoms with Crippen molar-refractivity contribution in [1.82, 2.24) is 25.0 Å². The van der Waals surface area contributed by atoms with E-state index in [0.29, 0.717) is 47.8 Å².